The number of aliphatic carboxylic acids is 1. The van der Waals surface area contributed by atoms with Crippen molar-refractivity contribution in [2.45, 2.75) is 19.8 Å². The van der Waals surface area contributed by atoms with Gasteiger partial charge in [0.05, 0.1) is 0 Å². The Balaban J connectivity index is 2.94. The Labute approximate surface area is 83.1 Å². The number of carboxylic acids is 1. The maximum absolute atomic E-state index is 10.6. The standard InChI is InChI=1S/C11H13NO2/c1-2-4-9(7-11(13)14)10-5-3-6-12-8-10/h3,5-8H,2,4H2,1H3,(H,13,14)/b9-7-. The molecule has 0 aliphatic heterocycles. The minimum Gasteiger partial charge on any atom is -0.478 e. The number of allylic oxidation sites excluding steroid dienone is 1. The molecule has 0 aromatic carbocycles. The molecule has 1 N–H and O–H groups in total. The van der Waals surface area contributed by atoms with Crippen LogP contribution in [0.25, 0.3) is 5.57 Å². The topological polar surface area (TPSA) is 50.2 Å². The molecule has 0 atom stereocenters. The van der Waals surface area contributed by atoms with Gasteiger partial charge in [-0.25, -0.2) is 4.79 Å². The number of aromatic nitrogens is 1. The number of pyridine rings is 1. The molecule has 0 aliphatic rings. The van der Waals surface area contributed by atoms with Gasteiger partial charge in [-0.2, -0.15) is 0 Å². The lowest BCUT2D eigenvalue weighted by molar-refractivity contribution is -0.131. The van der Waals surface area contributed by atoms with E-state index in [1.807, 2.05) is 13.0 Å². The van der Waals surface area contributed by atoms with E-state index in [0.29, 0.717) is 0 Å². The molecule has 14 heavy (non-hydrogen) atoms. The van der Waals surface area contributed by atoms with E-state index in [-0.39, 0.29) is 0 Å². The van der Waals surface area contributed by atoms with Crippen LogP contribution in [0.3, 0.4) is 0 Å². The summed E-state index contributed by atoms with van der Waals surface area (Å²) in [5.74, 6) is -0.905. The normalized spacial score (nSPS) is 11.4. The van der Waals surface area contributed by atoms with Gasteiger partial charge in [0.15, 0.2) is 0 Å². The summed E-state index contributed by atoms with van der Waals surface area (Å²) >= 11 is 0. The molecule has 3 nitrogen and oxygen atoms in total. The summed E-state index contributed by atoms with van der Waals surface area (Å²) in [6.07, 6.45) is 6.30. The summed E-state index contributed by atoms with van der Waals surface area (Å²) in [6, 6.07) is 3.68. The fraction of sp³-hybridized carbons (Fsp3) is 0.273. The fourth-order valence-electron chi connectivity index (χ4n) is 1.27. The van der Waals surface area contributed by atoms with Crippen molar-refractivity contribution >= 4 is 11.5 Å². The minimum atomic E-state index is -0.905. The zero-order valence-electron chi connectivity index (χ0n) is 8.10. The van der Waals surface area contributed by atoms with Gasteiger partial charge >= 0.3 is 5.97 Å². The second-order valence-corrected chi connectivity index (χ2v) is 3.00. The van der Waals surface area contributed by atoms with Gasteiger partial charge in [0.25, 0.3) is 0 Å². The minimum absolute atomic E-state index is 0.762. The average molecular weight is 191 g/mol. The first-order valence-corrected chi connectivity index (χ1v) is 4.58. The summed E-state index contributed by atoms with van der Waals surface area (Å²) in [5, 5.41) is 8.68. The summed E-state index contributed by atoms with van der Waals surface area (Å²) in [7, 11) is 0. The van der Waals surface area contributed by atoms with Gasteiger partial charge in [-0.3, -0.25) is 4.98 Å². The van der Waals surface area contributed by atoms with Crippen LogP contribution in [0, 0.1) is 0 Å². The lowest BCUT2D eigenvalue weighted by Crippen LogP contribution is -1.93. The molecule has 1 heterocycles. The predicted molar refractivity (Wildman–Crippen MR) is 54.8 cm³/mol. The maximum atomic E-state index is 10.6. The van der Waals surface area contributed by atoms with Crippen molar-refractivity contribution in [2.24, 2.45) is 0 Å². The Morgan fingerprint density at radius 3 is 2.93 bits per heavy atom. The summed E-state index contributed by atoms with van der Waals surface area (Å²) in [4.78, 5) is 14.5. The molecule has 1 aromatic heterocycles. The quantitative estimate of drug-likeness (QED) is 0.743. The summed E-state index contributed by atoms with van der Waals surface area (Å²) in [6.45, 7) is 2.02. The highest BCUT2D eigenvalue weighted by molar-refractivity contribution is 5.89. The number of nitrogens with zero attached hydrogens (tertiary/aromatic N) is 1. The van der Waals surface area contributed by atoms with Crippen molar-refractivity contribution in [2.75, 3.05) is 0 Å². The monoisotopic (exact) mass is 191 g/mol. The Kier molecular flexibility index (Phi) is 3.85. The van der Waals surface area contributed by atoms with Crippen molar-refractivity contribution in [3.63, 3.8) is 0 Å². The van der Waals surface area contributed by atoms with E-state index in [1.54, 1.807) is 18.5 Å². The number of carbonyl (C=O) groups is 1. The van der Waals surface area contributed by atoms with Crippen molar-refractivity contribution < 1.29 is 9.90 Å². The largest absolute Gasteiger partial charge is 0.478 e. The summed E-state index contributed by atoms with van der Waals surface area (Å²) < 4.78 is 0. The van der Waals surface area contributed by atoms with Gasteiger partial charge in [0, 0.05) is 18.5 Å². The lowest BCUT2D eigenvalue weighted by Gasteiger charge is -2.03. The molecular weight excluding hydrogens is 178 g/mol. The van der Waals surface area contributed by atoms with Crippen molar-refractivity contribution in [3.05, 3.63) is 36.2 Å². The van der Waals surface area contributed by atoms with Gasteiger partial charge in [-0.1, -0.05) is 19.4 Å². The van der Waals surface area contributed by atoms with Gasteiger partial charge in [-0.05, 0) is 23.6 Å². The number of rotatable bonds is 4. The third-order valence-corrected chi connectivity index (χ3v) is 1.85. The van der Waals surface area contributed by atoms with Crippen LogP contribution in [0.15, 0.2) is 30.6 Å². The molecular formula is C11H13NO2. The van der Waals surface area contributed by atoms with Crippen LogP contribution in [-0.4, -0.2) is 16.1 Å². The zero-order valence-corrected chi connectivity index (χ0v) is 8.10. The molecule has 0 unspecified atom stereocenters. The van der Waals surface area contributed by atoms with Gasteiger partial charge in [0.1, 0.15) is 0 Å². The Bertz CT molecular complexity index is 330. The van der Waals surface area contributed by atoms with Gasteiger partial charge in [-0.15, -0.1) is 0 Å². The summed E-state index contributed by atoms with van der Waals surface area (Å²) in [5.41, 5.74) is 1.71. The Hall–Kier alpha value is -1.64. The van der Waals surface area contributed by atoms with E-state index in [4.69, 9.17) is 5.11 Å². The molecule has 0 saturated heterocycles. The molecule has 1 aromatic rings. The number of hydrogen-bond donors (Lipinski definition) is 1. The maximum Gasteiger partial charge on any atom is 0.328 e. The van der Waals surface area contributed by atoms with Gasteiger partial charge < -0.3 is 5.11 Å². The van der Waals surface area contributed by atoms with Crippen molar-refractivity contribution in [1.82, 2.24) is 4.98 Å². The van der Waals surface area contributed by atoms with Crippen LogP contribution in [0.2, 0.25) is 0 Å². The molecule has 3 heteroatoms. The van der Waals surface area contributed by atoms with Crippen LogP contribution in [0.4, 0.5) is 0 Å². The van der Waals surface area contributed by atoms with Gasteiger partial charge in [0.2, 0.25) is 0 Å². The van der Waals surface area contributed by atoms with E-state index in [9.17, 15) is 4.79 Å². The van der Waals surface area contributed by atoms with Crippen molar-refractivity contribution in [1.29, 1.82) is 0 Å². The third kappa shape index (κ3) is 3.01. The highest BCUT2D eigenvalue weighted by Gasteiger charge is 2.02. The highest BCUT2D eigenvalue weighted by atomic mass is 16.4. The second kappa shape index (κ2) is 5.17. The highest BCUT2D eigenvalue weighted by Crippen LogP contribution is 2.18. The molecule has 1 rings (SSSR count). The lowest BCUT2D eigenvalue weighted by atomic mass is 10.0. The first kappa shape index (κ1) is 10.4. The van der Waals surface area contributed by atoms with E-state index in [1.165, 1.54) is 6.08 Å². The fourth-order valence-corrected chi connectivity index (χ4v) is 1.27. The van der Waals surface area contributed by atoms with Crippen LogP contribution in [0.5, 0.6) is 0 Å². The van der Waals surface area contributed by atoms with Crippen LogP contribution in [0.1, 0.15) is 25.3 Å². The molecule has 0 saturated carbocycles. The molecule has 0 spiro atoms. The zero-order chi connectivity index (χ0) is 10.4. The van der Waals surface area contributed by atoms with Crippen LogP contribution in [-0.2, 0) is 4.79 Å². The molecule has 0 bridgehead atoms. The first-order valence-electron chi connectivity index (χ1n) is 4.58. The molecule has 0 amide bonds. The number of carboxylic acid groups (broad SMARTS) is 1. The second-order valence-electron chi connectivity index (χ2n) is 3.00. The van der Waals surface area contributed by atoms with E-state index in [2.05, 4.69) is 4.98 Å². The van der Waals surface area contributed by atoms with Crippen LogP contribution < -0.4 is 0 Å². The average Bonchev–Trinajstić information content (AvgIpc) is 2.18. The Morgan fingerprint density at radius 2 is 2.43 bits per heavy atom. The SMILES string of the molecule is CCC/C(=C/C(=O)O)c1cccnc1. The molecule has 0 fully saturated rings. The predicted octanol–water partition coefficient (Wildman–Crippen LogP) is 2.35. The smallest absolute Gasteiger partial charge is 0.328 e. The Morgan fingerprint density at radius 1 is 1.64 bits per heavy atom. The first-order chi connectivity index (χ1) is 6.74. The molecule has 0 radical (unpaired) electrons. The number of hydrogen-bond acceptors (Lipinski definition) is 2. The van der Waals surface area contributed by atoms with E-state index in [0.717, 1.165) is 24.0 Å². The van der Waals surface area contributed by atoms with E-state index >= 15 is 0 Å². The molecule has 74 valence electrons. The van der Waals surface area contributed by atoms with E-state index < -0.39 is 5.97 Å². The van der Waals surface area contributed by atoms with Crippen LogP contribution >= 0.6 is 0 Å². The molecule has 0 aliphatic carbocycles. The third-order valence-electron chi connectivity index (χ3n) is 1.85. The van der Waals surface area contributed by atoms with Crippen molar-refractivity contribution in [3.8, 4) is 0 Å².